The van der Waals surface area contributed by atoms with Gasteiger partial charge in [0.25, 0.3) is 10.1 Å². The predicted molar refractivity (Wildman–Crippen MR) is 337 cm³/mol. The molecule has 0 aromatic rings. The fraction of sp³-hybridized carbons (Fsp3) is 0.905. The molecule has 1 saturated heterocycles. The maximum Gasteiger partial charge on any atom is 0.306 e. The van der Waals surface area contributed by atoms with Crippen LogP contribution in [-0.2, 0) is 51.9 Å². The molecule has 0 saturated carbocycles. The van der Waals surface area contributed by atoms with Crippen LogP contribution in [0.2, 0.25) is 54.4 Å². The van der Waals surface area contributed by atoms with Gasteiger partial charge in [-0.2, -0.15) is 8.42 Å². The lowest BCUT2D eigenvalue weighted by Gasteiger charge is -2.54. The molecule has 12 nitrogen and oxygen atoms in total. The number of hydrogen-bond donors (Lipinski definition) is 1. The lowest BCUT2D eigenvalue weighted by Crippen LogP contribution is -2.68. The fourth-order valence-electron chi connectivity index (χ4n) is 8.81. The minimum absolute atomic E-state index is 0.208. The Morgan fingerprint density at radius 2 is 0.835 bits per heavy atom. The summed E-state index contributed by atoms with van der Waals surface area (Å²) in [5.74, 6) is -1.55. The van der Waals surface area contributed by atoms with Gasteiger partial charge in [0.15, 0.2) is 37.3 Å². The number of hydrogen-bond acceptors (Lipinski definition) is 11. The summed E-state index contributed by atoms with van der Waals surface area (Å²) in [7, 11) is -12.7. The van der Waals surface area contributed by atoms with Crippen LogP contribution < -0.4 is 0 Å². The first-order valence-corrected chi connectivity index (χ1v) is 42.0. The van der Waals surface area contributed by atoms with E-state index in [0.29, 0.717) is 12.8 Å². The summed E-state index contributed by atoms with van der Waals surface area (Å²) in [4.78, 5) is 26.9. The Labute approximate surface area is 489 Å². The average Bonchev–Trinajstić information content (AvgIpc) is 3.34. The number of allylic oxidation sites excluding steroid dienone is 4. The molecule has 0 aliphatic carbocycles. The van der Waals surface area contributed by atoms with Crippen LogP contribution in [0.25, 0.3) is 0 Å². The van der Waals surface area contributed by atoms with Crippen molar-refractivity contribution in [3.63, 3.8) is 0 Å². The molecule has 466 valence electrons. The maximum absolute atomic E-state index is 13.6. The highest BCUT2D eigenvalue weighted by Gasteiger charge is 2.57. The van der Waals surface area contributed by atoms with Gasteiger partial charge in [0.05, 0.1) is 6.61 Å². The van der Waals surface area contributed by atoms with Crippen LogP contribution in [0.1, 0.15) is 256 Å². The van der Waals surface area contributed by atoms with E-state index in [2.05, 4.69) is 140 Å². The van der Waals surface area contributed by atoms with Crippen molar-refractivity contribution in [2.24, 2.45) is 0 Å². The standard InChI is InChI=1S/C63H124O12SSi3/c1-18-20-22-24-26-28-30-32-34-36-38-40-42-44-46-48-55(64)69-50-53(71-56(65)49-47-45-43-41-39-37-35-33-31-29-27-25-23-21-19-2)51-70-60-59(75-79(16,17)63(9,10)11)58(74-78(14,15)62(6,7)8)57(54(72-60)52-76(66,67)68)73-77(12,13)61(3,4)5/h32-35,53-54,57-60H,18-31,36-52H2,1-17H3,(H,66,67,68)/t53?,54-,57-,58+,59-,60+/m1/s1. The molecule has 0 spiro atoms. The van der Waals surface area contributed by atoms with Gasteiger partial charge in [0, 0.05) is 12.8 Å². The quantitative estimate of drug-likeness (QED) is 0.0203. The van der Waals surface area contributed by atoms with E-state index in [1.807, 2.05) is 0 Å². The van der Waals surface area contributed by atoms with Crippen molar-refractivity contribution in [2.45, 2.75) is 347 Å². The average molecular weight is 1190 g/mol. The van der Waals surface area contributed by atoms with Crippen molar-refractivity contribution < 1.29 is 54.8 Å². The summed E-state index contributed by atoms with van der Waals surface area (Å²) in [5.41, 5.74) is 0. The van der Waals surface area contributed by atoms with E-state index in [-0.39, 0.29) is 47.1 Å². The zero-order chi connectivity index (χ0) is 59.8. The smallest absolute Gasteiger partial charge is 0.306 e. The van der Waals surface area contributed by atoms with Gasteiger partial charge < -0.3 is 32.2 Å². The highest BCUT2D eigenvalue weighted by atomic mass is 32.2. The molecule has 79 heavy (non-hydrogen) atoms. The second-order valence-electron chi connectivity index (χ2n) is 27.6. The zero-order valence-corrected chi connectivity index (χ0v) is 57.9. The Bertz CT molecular complexity index is 1800. The van der Waals surface area contributed by atoms with Crippen LogP contribution in [-0.4, -0.2) is 106 Å². The van der Waals surface area contributed by atoms with E-state index in [0.717, 1.165) is 77.0 Å². The van der Waals surface area contributed by atoms with Crippen LogP contribution in [0.3, 0.4) is 0 Å². The summed E-state index contributed by atoms with van der Waals surface area (Å²) in [6.45, 7) is 36.0. The Kier molecular flexibility index (Phi) is 37.1. The Hall–Kier alpha value is -1.22. The first-order chi connectivity index (χ1) is 36.8. The van der Waals surface area contributed by atoms with Crippen molar-refractivity contribution in [3.05, 3.63) is 24.3 Å². The van der Waals surface area contributed by atoms with Crippen molar-refractivity contribution in [1.82, 2.24) is 0 Å². The van der Waals surface area contributed by atoms with Gasteiger partial charge in [-0.15, -0.1) is 0 Å². The summed E-state index contributed by atoms with van der Waals surface area (Å²) in [6, 6.07) is 0. The van der Waals surface area contributed by atoms with Crippen LogP contribution in [0.5, 0.6) is 0 Å². The summed E-state index contributed by atoms with van der Waals surface area (Å²) >= 11 is 0. The first kappa shape index (κ1) is 75.8. The van der Waals surface area contributed by atoms with E-state index in [9.17, 15) is 22.6 Å². The minimum Gasteiger partial charge on any atom is -0.462 e. The number of ether oxygens (including phenoxy) is 4. The third-order valence-corrected chi connectivity index (χ3v) is 31.3. The van der Waals surface area contributed by atoms with E-state index in [1.165, 1.54) is 77.0 Å². The van der Waals surface area contributed by atoms with Gasteiger partial charge in [-0.3, -0.25) is 14.1 Å². The van der Waals surface area contributed by atoms with Crippen LogP contribution in [0, 0.1) is 0 Å². The number of esters is 2. The molecule has 1 unspecified atom stereocenters. The van der Waals surface area contributed by atoms with Crippen LogP contribution in [0.4, 0.5) is 0 Å². The molecule has 16 heteroatoms. The highest BCUT2D eigenvalue weighted by molar-refractivity contribution is 7.85. The normalized spacial score (nSPS) is 19.6. The summed E-state index contributed by atoms with van der Waals surface area (Å²) in [6.07, 6.45) is 33.5. The maximum atomic E-state index is 13.6. The van der Waals surface area contributed by atoms with E-state index in [1.54, 1.807) is 0 Å². The lowest BCUT2D eigenvalue weighted by molar-refractivity contribution is -0.288. The molecule has 1 heterocycles. The summed E-state index contributed by atoms with van der Waals surface area (Å²) in [5, 5.41) is -0.802. The number of carbonyl (C=O) groups is 2. The van der Waals surface area contributed by atoms with Crippen molar-refractivity contribution in [2.75, 3.05) is 19.0 Å². The topological polar surface area (TPSA) is 153 Å². The Morgan fingerprint density at radius 1 is 0.494 bits per heavy atom. The second-order valence-corrected chi connectivity index (χ2v) is 43.4. The monoisotopic (exact) mass is 1190 g/mol. The molecule has 1 rings (SSSR count). The molecule has 0 amide bonds. The summed E-state index contributed by atoms with van der Waals surface area (Å²) < 4.78 is 83.6. The van der Waals surface area contributed by atoms with Gasteiger partial charge in [-0.05, 0) is 119 Å². The minimum atomic E-state index is -4.61. The first-order valence-electron chi connectivity index (χ1n) is 31.7. The SMILES string of the molecule is CCCCCCCCC=CCCCCCCCC(=O)OCC(CO[C@H]1O[C@H](CS(=O)(=O)O)[C@@H](O[Si](C)(C)C(C)(C)C)[C@H](O[Si](C)(C)C(C)(C)C)[C@H]1O[Si](C)(C)C(C)(C)C)OC(=O)CCCCCCCC=CCCCCCCCC. The van der Waals surface area contributed by atoms with E-state index < -0.39 is 83.6 Å². The fourth-order valence-corrected chi connectivity index (χ4v) is 13.4. The molecular formula is C63H124O12SSi3. The molecule has 0 bridgehead atoms. The number of unbranched alkanes of at least 4 members (excludes halogenated alkanes) is 22. The third kappa shape index (κ3) is 33.2. The van der Waals surface area contributed by atoms with Gasteiger partial charge in [-0.1, -0.05) is 203 Å². The van der Waals surface area contributed by atoms with E-state index in [4.69, 9.17) is 32.2 Å². The van der Waals surface area contributed by atoms with Crippen LogP contribution >= 0.6 is 0 Å². The van der Waals surface area contributed by atoms with Gasteiger partial charge in [0.1, 0.15) is 36.8 Å². The molecule has 1 N–H and O–H groups in total. The zero-order valence-electron chi connectivity index (χ0n) is 54.0. The van der Waals surface area contributed by atoms with Crippen molar-refractivity contribution >= 4 is 47.0 Å². The predicted octanol–water partition coefficient (Wildman–Crippen LogP) is 18.3. The van der Waals surface area contributed by atoms with Crippen molar-refractivity contribution in [3.8, 4) is 0 Å². The molecule has 1 aliphatic rings. The van der Waals surface area contributed by atoms with Gasteiger partial charge in [0.2, 0.25) is 0 Å². The molecule has 1 fully saturated rings. The Balaban J connectivity index is 3.35. The van der Waals surface area contributed by atoms with Crippen molar-refractivity contribution in [1.29, 1.82) is 0 Å². The molecule has 0 aromatic heterocycles. The lowest BCUT2D eigenvalue weighted by atomic mass is 10.00. The molecule has 6 atom stereocenters. The largest absolute Gasteiger partial charge is 0.462 e. The van der Waals surface area contributed by atoms with Gasteiger partial charge in [-0.25, -0.2) is 0 Å². The number of rotatable bonds is 44. The molecule has 1 aliphatic heterocycles. The van der Waals surface area contributed by atoms with E-state index >= 15 is 0 Å². The highest BCUT2D eigenvalue weighted by Crippen LogP contribution is 2.46. The third-order valence-electron chi connectivity index (χ3n) is 17.1. The Morgan fingerprint density at radius 3 is 1.22 bits per heavy atom. The molecule has 0 aromatic carbocycles. The number of carbonyl (C=O) groups excluding carboxylic acids is 2. The van der Waals surface area contributed by atoms with Crippen LogP contribution in [0.15, 0.2) is 24.3 Å². The molecular weight excluding hydrogens is 1070 g/mol. The van der Waals surface area contributed by atoms with Gasteiger partial charge >= 0.3 is 11.9 Å². The second kappa shape index (κ2) is 38.7. The molecule has 0 radical (unpaired) electrons.